The second-order valence-electron chi connectivity index (χ2n) is 3.66. The third-order valence-corrected chi connectivity index (χ3v) is 2.51. The lowest BCUT2D eigenvalue weighted by Gasteiger charge is -2.11. The van der Waals surface area contributed by atoms with Crippen LogP contribution in [0.2, 0.25) is 0 Å². The molecule has 82 valence electrons. The molecule has 1 heterocycles. The molecule has 1 aromatic carbocycles. The average molecular weight is 213 g/mol. The molecule has 3 nitrogen and oxygen atoms in total. The molecule has 16 heavy (non-hydrogen) atoms. The second-order valence-corrected chi connectivity index (χ2v) is 3.66. The van der Waals surface area contributed by atoms with Gasteiger partial charge < -0.3 is 11.1 Å². The molecule has 2 rings (SSSR count). The van der Waals surface area contributed by atoms with E-state index in [0.717, 1.165) is 17.1 Å². The van der Waals surface area contributed by atoms with Crippen LogP contribution in [0.3, 0.4) is 0 Å². The molecule has 0 fully saturated rings. The summed E-state index contributed by atoms with van der Waals surface area (Å²) in [6.07, 6.45) is 1.76. The number of rotatable bonds is 3. The van der Waals surface area contributed by atoms with Crippen molar-refractivity contribution >= 4 is 11.5 Å². The summed E-state index contributed by atoms with van der Waals surface area (Å²) in [5, 5.41) is 3.30. The van der Waals surface area contributed by atoms with Crippen LogP contribution in [-0.4, -0.2) is 4.98 Å². The highest BCUT2D eigenvalue weighted by Crippen LogP contribution is 2.20. The smallest absolute Gasteiger partial charge is 0.134 e. The molecule has 0 aliphatic carbocycles. The molecule has 3 N–H and O–H groups in total. The summed E-state index contributed by atoms with van der Waals surface area (Å²) >= 11 is 0. The molecule has 0 aliphatic heterocycles. The number of nitrogens with zero attached hydrogens (tertiary/aromatic N) is 1. The van der Waals surface area contributed by atoms with Crippen molar-refractivity contribution in [2.45, 2.75) is 13.5 Å². The zero-order valence-electron chi connectivity index (χ0n) is 9.27. The fraction of sp³-hybridized carbons (Fsp3) is 0.154. The van der Waals surface area contributed by atoms with Gasteiger partial charge >= 0.3 is 0 Å². The minimum absolute atomic E-state index is 0.488. The first-order valence-electron chi connectivity index (χ1n) is 5.28. The van der Waals surface area contributed by atoms with Gasteiger partial charge in [0.15, 0.2) is 0 Å². The number of aryl methyl sites for hydroxylation is 1. The van der Waals surface area contributed by atoms with Gasteiger partial charge in [-0.1, -0.05) is 24.3 Å². The van der Waals surface area contributed by atoms with Crippen molar-refractivity contribution in [3.8, 4) is 0 Å². The lowest BCUT2D eigenvalue weighted by molar-refractivity contribution is 1.05. The van der Waals surface area contributed by atoms with Crippen LogP contribution in [0.4, 0.5) is 11.5 Å². The number of nitrogens with two attached hydrogens (primary N) is 1. The lowest BCUT2D eigenvalue weighted by atomic mass is 10.2. The fourth-order valence-corrected chi connectivity index (χ4v) is 1.56. The van der Waals surface area contributed by atoms with E-state index in [1.807, 2.05) is 30.3 Å². The third kappa shape index (κ3) is 2.20. The van der Waals surface area contributed by atoms with E-state index in [-0.39, 0.29) is 0 Å². The standard InChI is InChI=1S/C13H15N3/c1-10-5-2-3-7-12(10)16-13-11(9-14)6-4-8-15-13/h2-8H,9,14H2,1H3,(H,15,16). The van der Waals surface area contributed by atoms with Crippen molar-refractivity contribution in [1.29, 1.82) is 0 Å². The Labute approximate surface area is 95.3 Å². The average Bonchev–Trinajstić information content (AvgIpc) is 2.33. The Hall–Kier alpha value is -1.87. The first kappa shape index (κ1) is 10.6. The Kier molecular flexibility index (Phi) is 3.17. The van der Waals surface area contributed by atoms with Crippen molar-refractivity contribution in [3.63, 3.8) is 0 Å². The van der Waals surface area contributed by atoms with Gasteiger partial charge in [-0.05, 0) is 24.6 Å². The summed E-state index contributed by atoms with van der Waals surface area (Å²) in [5.74, 6) is 0.833. The third-order valence-electron chi connectivity index (χ3n) is 2.51. The van der Waals surface area contributed by atoms with E-state index < -0.39 is 0 Å². The second kappa shape index (κ2) is 4.77. The van der Waals surface area contributed by atoms with Gasteiger partial charge in [0, 0.05) is 24.0 Å². The Morgan fingerprint density at radius 2 is 2.00 bits per heavy atom. The van der Waals surface area contributed by atoms with Gasteiger partial charge in [-0.15, -0.1) is 0 Å². The maximum atomic E-state index is 5.66. The Morgan fingerprint density at radius 3 is 2.75 bits per heavy atom. The molecule has 0 aliphatic rings. The van der Waals surface area contributed by atoms with E-state index in [9.17, 15) is 0 Å². The highest BCUT2D eigenvalue weighted by atomic mass is 15.0. The van der Waals surface area contributed by atoms with Gasteiger partial charge in [0.25, 0.3) is 0 Å². The molecule has 3 heteroatoms. The fourth-order valence-electron chi connectivity index (χ4n) is 1.56. The number of hydrogen-bond donors (Lipinski definition) is 2. The Balaban J connectivity index is 2.30. The Morgan fingerprint density at radius 1 is 1.19 bits per heavy atom. The summed E-state index contributed by atoms with van der Waals surface area (Å²) < 4.78 is 0. The van der Waals surface area contributed by atoms with Gasteiger partial charge in [-0.25, -0.2) is 4.98 Å². The minimum atomic E-state index is 0.488. The van der Waals surface area contributed by atoms with Gasteiger partial charge in [-0.3, -0.25) is 0 Å². The molecule has 2 aromatic rings. The molecular weight excluding hydrogens is 198 g/mol. The summed E-state index contributed by atoms with van der Waals surface area (Å²) in [4.78, 5) is 4.29. The predicted octanol–water partition coefficient (Wildman–Crippen LogP) is 2.59. The molecule has 0 bridgehead atoms. The van der Waals surface area contributed by atoms with Crippen LogP contribution in [0.15, 0.2) is 42.6 Å². The van der Waals surface area contributed by atoms with Crippen LogP contribution in [0.5, 0.6) is 0 Å². The van der Waals surface area contributed by atoms with Crippen molar-refractivity contribution in [2.24, 2.45) is 5.73 Å². The van der Waals surface area contributed by atoms with E-state index in [0.29, 0.717) is 6.54 Å². The monoisotopic (exact) mass is 213 g/mol. The van der Waals surface area contributed by atoms with Gasteiger partial charge in [0.1, 0.15) is 5.82 Å². The highest BCUT2D eigenvalue weighted by molar-refractivity contribution is 5.62. The molecule has 1 aromatic heterocycles. The minimum Gasteiger partial charge on any atom is -0.340 e. The number of aromatic nitrogens is 1. The van der Waals surface area contributed by atoms with Crippen molar-refractivity contribution in [1.82, 2.24) is 4.98 Å². The van der Waals surface area contributed by atoms with Gasteiger partial charge in [0.05, 0.1) is 0 Å². The molecule has 0 atom stereocenters. The molecule has 0 unspecified atom stereocenters. The Bertz CT molecular complexity index is 480. The molecule has 0 radical (unpaired) electrons. The van der Waals surface area contributed by atoms with Crippen molar-refractivity contribution in [3.05, 3.63) is 53.7 Å². The van der Waals surface area contributed by atoms with E-state index in [1.54, 1.807) is 6.20 Å². The van der Waals surface area contributed by atoms with E-state index in [1.165, 1.54) is 5.56 Å². The summed E-state index contributed by atoms with van der Waals surface area (Å²) in [6, 6.07) is 12.0. The number of hydrogen-bond acceptors (Lipinski definition) is 3. The lowest BCUT2D eigenvalue weighted by Crippen LogP contribution is -2.04. The summed E-state index contributed by atoms with van der Waals surface area (Å²) in [5.41, 5.74) is 8.94. The SMILES string of the molecule is Cc1ccccc1Nc1ncccc1CN. The maximum absolute atomic E-state index is 5.66. The van der Waals surface area contributed by atoms with Gasteiger partial charge in [0.2, 0.25) is 0 Å². The summed E-state index contributed by atoms with van der Waals surface area (Å²) in [6.45, 7) is 2.55. The molecule has 0 saturated heterocycles. The molecular formula is C13H15N3. The number of para-hydroxylation sites is 1. The van der Waals surface area contributed by atoms with Crippen LogP contribution in [0.25, 0.3) is 0 Å². The largest absolute Gasteiger partial charge is 0.340 e. The van der Waals surface area contributed by atoms with Crippen LogP contribution in [0.1, 0.15) is 11.1 Å². The molecule has 0 amide bonds. The maximum Gasteiger partial charge on any atom is 0.134 e. The number of anilines is 2. The normalized spacial score (nSPS) is 10.1. The predicted molar refractivity (Wildman–Crippen MR) is 66.6 cm³/mol. The highest BCUT2D eigenvalue weighted by Gasteiger charge is 2.03. The van der Waals surface area contributed by atoms with E-state index in [2.05, 4.69) is 23.3 Å². The quantitative estimate of drug-likeness (QED) is 0.824. The zero-order valence-corrected chi connectivity index (χ0v) is 9.27. The van der Waals surface area contributed by atoms with Crippen LogP contribution < -0.4 is 11.1 Å². The van der Waals surface area contributed by atoms with Crippen molar-refractivity contribution < 1.29 is 0 Å². The number of pyridine rings is 1. The zero-order chi connectivity index (χ0) is 11.4. The first-order chi connectivity index (χ1) is 7.81. The van der Waals surface area contributed by atoms with E-state index in [4.69, 9.17) is 5.73 Å². The van der Waals surface area contributed by atoms with Crippen molar-refractivity contribution in [2.75, 3.05) is 5.32 Å². The van der Waals surface area contributed by atoms with Crippen LogP contribution >= 0.6 is 0 Å². The van der Waals surface area contributed by atoms with E-state index >= 15 is 0 Å². The molecule has 0 spiro atoms. The van der Waals surface area contributed by atoms with Gasteiger partial charge in [-0.2, -0.15) is 0 Å². The topological polar surface area (TPSA) is 50.9 Å². The first-order valence-corrected chi connectivity index (χ1v) is 5.28. The molecule has 0 saturated carbocycles. The number of nitrogens with one attached hydrogen (secondary N) is 1. The van der Waals surface area contributed by atoms with Crippen LogP contribution in [-0.2, 0) is 6.54 Å². The van der Waals surface area contributed by atoms with Crippen LogP contribution in [0, 0.1) is 6.92 Å². The number of benzene rings is 1. The summed E-state index contributed by atoms with van der Waals surface area (Å²) in [7, 11) is 0.